The SMILES string of the molecule is O=S(=O)(NC1CCCC1)c1ccc(B(O)O)c2ccccc12. The lowest BCUT2D eigenvalue weighted by Crippen LogP contribution is -2.34. The van der Waals surface area contributed by atoms with Gasteiger partial charge in [-0.1, -0.05) is 43.2 Å². The van der Waals surface area contributed by atoms with Gasteiger partial charge in [0.1, 0.15) is 0 Å². The first-order valence-corrected chi connectivity index (χ1v) is 8.87. The second-order valence-electron chi connectivity index (χ2n) is 5.67. The average molecular weight is 319 g/mol. The Morgan fingerprint density at radius 2 is 1.64 bits per heavy atom. The third kappa shape index (κ3) is 2.89. The molecule has 2 aromatic rings. The van der Waals surface area contributed by atoms with Gasteiger partial charge in [-0.2, -0.15) is 0 Å². The van der Waals surface area contributed by atoms with Crippen LogP contribution in [0.5, 0.6) is 0 Å². The van der Waals surface area contributed by atoms with Crippen molar-refractivity contribution in [3.8, 4) is 0 Å². The lowest BCUT2D eigenvalue weighted by molar-refractivity contribution is 0.426. The highest BCUT2D eigenvalue weighted by atomic mass is 32.2. The maximum Gasteiger partial charge on any atom is 0.489 e. The monoisotopic (exact) mass is 319 g/mol. The summed E-state index contributed by atoms with van der Waals surface area (Å²) in [5, 5.41) is 19.9. The van der Waals surface area contributed by atoms with Gasteiger partial charge in [-0.05, 0) is 29.8 Å². The molecule has 0 aliphatic heterocycles. The molecule has 0 spiro atoms. The van der Waals surface area contributed by atoms with E-state index in [1.807, 2.05) is 0 Å². The summed E-state index contributed by atoms with van der Waals surface area (Å²) >= 11 is 0. The standard InChI is InChI=1S/C15H18BNO4S/c18-16(19)14-9-10-15(13-8-4-3-7-12(13)14)22(20,21)17-11-5-1-2-6-11/h3-4,7-11,17-19H,1-2,5-6H2. The maximum absolute atomic E-state index is 12.6. The Morgan fingerprint density at radius 1 is 1.00 bits per heavy atom. The summed E-state index contributed by atoms with van der Waals surface area (Å²) in [4.78, 5) is 0.180. The Labute approximate surface area is 130 Å². The zero-order valence-corrected chi connectivity index (χ0v) is 12.9. The van der Waals surface area contributed by atoms with Gasteiger partial charge in [-0.25, -0.2) is 13.1 Å². The van der Waals surface area contributed by atoms with Crippen molar-refractivity contribution in [1.29, 1.82) is 0 Å². The fourth-order valence-electron chi connectivity index (χ4n) is 3.08. The van der Waals surface area contributed by atoms with Gasteiger partial charge in [0.05, 0.1) is 4.90 Å². The van der Waals surface area contributed by atoms with Crippen LogP contribution in [0.1, 0.15) is 25.7 Å². The predicted octanol–water partition coefficient (Wildman–Crippen LogP) is 0.740. The number of rotatable bonds is 4. The fourth-order valence-corrected chi connectivity index (χ4v) is 4.60. The van der Waals surface area contributed by atoms with Crippen LogP contribution >= 0.6 is 0 Å². The second-order valence-corrected chi connectivity index (χ2v) is 7.36. The van der Waals surface area contributed by atoms with E-state index in [-0.39, 0.29) is 10.9 Å². The van der Waals surface area contributed by atoms with Crippen LogP contribution in [0.15, 0.2) is 41.3 Å². The van der Waals surface area contributed by atoms with Crippen LogP contribution < -0.4 is 10.2 Å². The highest BCUT2D eigenvalue weighted by molar-refractivity contribution is 7.89. The number of hydrogen-bond acceptors (Lipinski definition) is 4. The van der Waals surface area contributed by atoms with E-state index in [0.717, 1.165) is 25.7 Å². The molecule has 1 aliphatic rings. The smallest absolute Gasteiger partial charge is 0.423 e. The minimum atomic E-state index is -3.63. The Balaban J connectivity index is 2.09. The van der Waals surface area contributed by atoms with Crippen molar-refractivity contribution in [3.63, 3.8) is 0 Å². The van der Waals surface area contributed by atoms with Crippen LogP contribution in [0.2, 0.25) is 0 Å². The largest absolute Gasteiger partial charge is 0.489 e. The van der Waals surface area contributed by atoms with Crippen LogP contribution in [0.3, 0.4) is 0 Å². The molecule has 5 nitrogen and oxygen atoms in total. The Kier molecular flexibility index (Phi) is 4.23. The molecule has 1 fully saturated rings. The van der Waals surface area contributed by atoms with Gasteiger partial charge in [-0.15, -0.1) is 0 Å². The highest BCUT2D eigenvalue weighted by Crippen LogP contribution is 2.24. The first kappa shape index (κ1) is 15.5. The molecule has 0 radical (unpaired) electrons. The second kappa shape index (κ2) is 6.00. The van der Waals surface area contributed by atoms with Crippen molar-refractivity contribution in [2.45, 2.75) is 36.6 Å². The lowest BCUT2D eigenvalue weighted by atomic mass is 9.77. The number of hydrogen-bond donors (Lipinski definition) is 3. The van der Waals surface area contributed by atoms with E-state index in [4.69, 9.17) is 0 Å². The van der Waals surface area contributed by atoms with Gasteiger partial charge in [-0.3, -0.25) is 0 Å². The highest BCUT2D eigenvalue weighted by Gasteiger charge is 2.26. The van der Waals surface area contributed by atoms with Gasteiger partial charge in [0.15, 0.2) is 0 Å². The van der Waals surface area contributed by atoms with E-state index in [0.29, 0.717) is 16.2 Å². The molecule has 22 heavy (non-hydrogen) atoms. The van der Waals surface area contributed by atoms with Gasteiger partial charge < -0.3 is 10.0 Å². The maximum atomic E-state index is 12.6. The summed E-state index contributed by atoms with van der Waals surface area (Å²) in [6, 6.07) is 9.75. The van der Waals surface area contributed by atoms with E-state index in [1.165, 1.54) is 12.1 Å². The Hall–Kier alpha value is -1.41. The van der Waals surface area contributed by atoms with Crippen molar-refractivity contribution in [2.24, 2.45) is 0 Å². The summed E-state index contributed by atoms with van der Waals surface area (Å²) in [6.07, 6.45) is 3.82. The summed E-state index contributed by atoms with van der Waals surface area (Å²) in [5.41, 5.74) is 0.301. The molecular weight excluding hydrogens is 301 g/mol. The van der Waals surface area contributed by atoms with Crippen molar-refractivity contribution in [1.82, 2.24) is 4.72 Å². The third-order valence-corrected chi connectivity index (χ3v) is 5.74. The summed E-state index contributed by atoms with van der Waals surface area (Å²) in [7, 11) is -5.26. The molecular formula is C15H18BNO4S. The van der Waals surface area contributed by atoms with E-state index in [9.17, 15) is 18.5 Å². The average Bonchev–Trinajstić information content (AvgIpc) is 2.98. The molecule has 3 rings (SSSR count). The van der Waals surface area contributed by atoms with Gasteiger partial charge in [0.2, 0.25) is 10.0 Å². The first-order chi connectivity index (χ1) is 10.5. The van der Waals surface area contributed by atoms with Crippen molar-refractivity contribution in [2.75, 3.05) is 0 Å². The number of benzene rings is 2. The summed E-state index contributed by atoms with van der Waals surface area (Å²) in [6.45, 7) is 0. The quantitative estimate of drug-likeness (QED) is 0.726. The van der Waals surface area contributed by atoms with Crippen LogP contribution in [-0.4, -0.2) is 31.6 Å². The van der Waals surface area contributed by atoms with Crippen molar-refractivity contribution >= 4 is 33.4 Å². The topological polar surface area (TPSA) is 86.6 Å². The third-order valence-electron chi connectivity index (χ3n) is 4.16. The predicted molar refractivity (Wildman–Crippen MR) is 86.4 cm³/mol. The Bertz CT molecular complexity index is 785. The number of sulfonamides is 1. The fraction of sp³-hybridized carbons (Fsp3) is 0.333. The minimum Gasteiger partial charge on any atom is -0.423 e. The molecule has 0 saturated heterocycles. The molecule has 0 aromatic heterocycles. The van der Waals surface area contributed by atoms with Gasteiger partial charge in [0, 0.05) is 11.4 Å². The molecule has 116 valence electrons. The molecule has 1 saturated carbocycles. The van der Waals surface area contributed by atoms with Crippen LogP contribution in [0.25, 0.3) is 10.8 Å². The number of nitrogens with one attached hydrogen (secondary N) is 1. The van der Waals surface area contributed by atoms with Crippen molar-refractivity contribution in [3.05, 3.63) is 36.4 Å². The lowest BCUT2D eigenvalue weighted by Gasteiger charge is -2.15. The van der Waals surface area contributed by atoms with E-state index in [1.54, 1.807) is 24.3 Å². The minimum absolute atomic E-state index is 0.00753. The molecule has 0 bridgehead atoms. The zero-order valence-electron chi connectivity index (χ0n) is 12.1. The number of fused-ring (bicyclic) bond motifs is 1. The van der Waals surface area contributed by atoms with Gasteiger partial charge in [0.25, 0.3) is 0 Å². The molecule has 0 atom stereocenters. The normalized spacial score (nSPS) is 16.3. The van der Waals surface area contributed by atoms with Crippen LogP contribution in [-0.2, 0) is 10.0 Å². The zero-order chi connectivity index (χ0) is 15.7. The van der Waals surface area contributed by atoms with E-state index in [2.05, 4.69) is 4.72 Å². The molecule has 1 aliphatic carbocycles. The van der Waals surface area contributed by atoms with E-state index < -0.39 is 17.1 Å². The molecule has 2 aromatic carbocycles. The van der Waals surface area contributed by atoms with Crippen LogP contribution in [0.4, 0.5) is 0 Å². The van der Waals surface area contributed by atoms with Crippen molar-refractivity contribution < 1.29 is 18.5 Å². The molecule has 7 heteroatoms. The summed E-state index contributed by atoms with van der Waals surface area (Å²) < 4.78 is 28.1. The van der Waals surface area contributed by atoms with Crippen LogP contribution in [0, 0.1) is 0 Å². The molecule has 3 N–H and O–H groups in total. The molecule has 0 unspecified atom stereocenters. The molecule has 0 amide bonds. The molecule has 0 heterocycles. The first-order valence-electron chi connectivity index (χ1n) is 7.39. The summed E-state index contributed by atoms with van der Waals surface area (Å²) in [5.74, 6) is 0. The van der Waals surface area contributed by atoms with Gasteiger partial charge >= 0.3 is 7.12 Å². The Morgan fingerprint density at radius 3 is 2.27 bits per heavy atom. The van der Waals surface area contributed by atoms with E-state index >= 15 is 0 Å².